The zero-order valence-corrected chi connectivity index (χ0v) is 10.6. The van der Waals surface area contributed by atoms with Gasteiger partial charge < -0.3 is 15.6 Å². The maximum atomic E-state index is 10.9. The van der Waals surface area contributed by atoms with Crippen LogP contribution in [0.4, 0.5) is 5.69 Å². The average molecular weight is 243 g/mol. The summed E-state index contributed by atoms with van der Waals surface area (Å²) >= 11 is 0. The molecule has 0 bridgehead atoms. The lowest BCUT2D eigenvalue weighted by molar-refractivity contribution is -0.114. The molecule has 0 radical (unpaired) electrons. The Balaban J connectivity index is 2.19. The Morgan fingerprint density at radius 2 is 1.94 bits per heavy atom. The maximum absolute atomic E-state index is 10.9. The van der Waals surface area contributed by atoms with Crippen molar-refractivity contribution in [2.45, 2.75) is 13.0 Å². The normalized spacial score (nSPS) is 12.2. The molecule has 0 aliphatic heterocycles. The molecule has 0 aliphatic carbocycles. The number of benzene rings is 1. The van der Waals surface area contributed by atoms with Gasteiger partial charge in [0.2, 0.25) is 5.91 Å². The van der Waals surface area contributed by atoms with Crippen molar-refractivity contribution in [3.05, 3.63) is 53.9 Å². The molecule has 1 atom stereocenters. The fourth-order valence-electron chi connectivity index (χ4n) is 1.95. The van der Waals surface area contributed by atoms with Crippen molar-refractivity contribution < 1.29 is 4.79 Å². The summed E-state index contributed by atoms with van der Waals surface area (Å²) in [7, 11) is 1.97. The first-order valence-corrected chi connectivity index (χ1v) is 5.82. The van der Waals surface area contributed by atoms with Crippen molar-refractivity contribution in [1.82, 2.24) is 4.57 Å². The highest BCUT2D eigenvalue weighted by atomic mass is 16.1. The zero-order chi connectivity index (χ0) is 13.1. The summed E-state index contributed by atoms with van der Waals surface area (Å²) < 4.78 is 2.01. The van der Waals surface area contributed by atoms with Gasteiger partial charge in [0.15, 0.2) is 0 Å². The number of carbonyl (C=O) groups excluding carboxylic acids is 1. The molecule has 1 amide bonds. The van der Waals surface area contributed by atoms with Crippen molar-refractivity contribution in [2.75, 3.05) is 5.32 Å². The molecule has 0 fully saturated rings. The highest BCUT2D eigenvalue weighted by molar-refractivity contribution is 5.88. The number of nitrogens with one attached hydrogen (secondary N) is 1. The molecule has 3 N–H and O–H groups in total. The SMILES string of the molecule is CC(=O)Nc1ccc(C(N)c2cccn2C)cc1. The predicted molar refractivity (Wildman–Crippen MR) is 72.2 cm³/mol. The van der Waals surface area contributed by atoms with E-state index < -0.39 is 0 Å². The molecule has 2 aromatic rings. The second-order valence-corrected chi connectivity index (χ2v) is 4.32. The lowest BCUT2D eigenvalue weighted by Gasteiger charge is -2.14. The van der Waals surface area contributed by atoms with E-state index in [2.05, 4.69) is 5.32 Å². The van der Waals surface area contributed by atoms with Gasteiger partial charge in [-0.2, -0.15) is 0 Å². The first-order chi connectivity index (χ1) is 8.58. The van der Waals surface area contributed by atoms with Crippen molar-refractivity contribution in [1.29, 1.82) is 0 Å². The number of aryl methyl sites for hydroxylation is 1. The van der Waals surface area contributed by atoms with Crippen LogP contribution in [-0.4, -0.2) is 10.5 Å². The number of nitrogens with zero attached hydrogens (tertiary/aromatic N) is 1. The van der Waals surface area contributed by atoms with Gasteiger partial charge in [-0.05, 0) is 29.8 Å². The van der Waals surface area contributed by atoms with E-state index in [-0.39, 0.29) is 11.9 Å². The molecule has 0 aliphatic rings. The van der Waals surface area contributed by atoms with E-state index in [0.29, 0.717) is 0 Å². The fraction of sp³-hybridized carbons (Fsp3) is 0.214. The van der Waals surface area contributed by atoms with Crippen LogP contribution in [0.15, 0.2) is 42.6 Å². The number of anilines is 1. The smallest absolute Gasteiger partial charge is 0.221 e. The lowest BCUT2D eigenvalue weighted by atomic mass is 10.0. The largest absolute Gasteiger partial charge is 0.353 e. The number of aromatic nitrogens is 1. The van der Waals surface area contributed by atoms with Crippen LogP contribution in [0, 0.1) is 0 Å². The molecular formula is C14H17N3O. The highest BCUT2D eigenvalue weighted by Gasteiger charge is 2.11. The molecule has 2 rings (SSSR count). The van der Waals surface area contributed by atoms with Gasteiger partial charge in [-0.15, -0.1) is 0 Å². The van der Waals surface area contributed by atoms with Gasteiger partial charge in [0.05, 0.1) is 6.04 Å². The third-order valence-corrected chi connectivity index (χ3v) is 2.89. The van der Waals surface area contributed by atoms with Crippen molar-refractivity contribution >= 4 is 11.6 Å². The minimum absolute atomic E-state index is 0.0746. The number of rotatable bonds is 3. The van der Waals surface area contributed by atoms with E-state index in [1.165, 1.54) is 6.92 Å². The van der Waals surface area contributed by atoms with Gasteiger partial charge in [0, 0.05) is 31.5 Å². The van der Waals surface area contributed by atoms with Gasteiger partial charge in [0.25, 0.3) is 0 Å². The van der Waals surface area contributed by atoms with Gasteiger partial charge in [-0.3, -0.25) is 4.79 Å². The minimum Gasteiger partial charge on any atom is -0.353 e. The average Bonchev–Trinajstić information content (AvgIpc) is 2.75. The number of hydrogen-bond donors (Lipinski definition) is 2. The highest BCUT2D eigenvalue weighted by Crippen LogP contribution is 2.21. The van der Waals surface area contributed by atoms with Gasteiger partial charge in [-0.25, -0.2) is 0 Å². The summed E-state index contributed by atoms with van der Waals surface area (Å²) in [5.41, 5.74) is 9.06. The number of nitrogens with two attached hydrogens (primary N) is 1. The van der Waals surface area contributed by atoms with Crippen LogP contribution in [0.3, 0.4) is 0 Å². The number of hydrogen-bond acceptors (Lipinski definition) is 2. The Labute approximate surface area is 106 Å². The quantitative estimate of drug-likeness (QED) is 0.866. The second-order valence-electron chi connectivity index (χ2n) is 4.32. The topological polar surface area (TPSA) is 60.1 Å². The third-order valence-electron chi connectivity index (χ3n) is 2.89. The molecule has 1 unspecified atom stereocenters. The molecule has 94 valence electrons. The molecule has 0 saturated carbocycles. The summed E-state index contributed by atoms with van der Waals surface area (Å²) in [5.74, 6) is -0.0746. The third kappa shape index (κ3) is 2.60. The van der Waals surface area contributed by atoms with Gasteiger partial charge >= 0.3 is 0 Å². The first kappa shape index (κ1) is 12.4. The Bertz CT molecular complexity index is 542. The lowest BCUT2D eigenvalue weighted by Crippen LogP contribution is -2.15. The molecule has 4 heteroatoms. The van der Waals surface area contributed by atoms with Crippen LogP contribution in [0.25, 0.3) is 0 Å². The van der Waals surface area contributed by atoms with Crippen LogP contribution in [-0.2, 0) is 11.8 Å². The van der Waals surface area contributed by atoms with E-state index in [9.17, 15) is 4.79 Å². The predicted octanol–water partition coefficient (Wildman–Crippen LogP) is 2.03. The van der Waals surface area contributed by atoms with Crippen LogP contribution < -0.4 is 11.1 Å². The Morgan fingerprint density at radius 1 is 1.28 bits per heavy atom. The molecule has 0 spiro atoms. The number of carbonyl (C=O) groups is 1. The van der Waals surface area contributed by atoms with Crippen LogP contribution >= 0.6 is 0 Å². The van der Waals surface area contributed by atoms with E-state index in [4.69, 9.17) is 5.73 Å². The summed E-state index contributed by atoms with van der Waals surface area (Å²) in [6.07, 6.45) is 1.97. The van der Waals surface area contributed by atoms with Crippen molar-refractivity contribution in [2.24, 2.45) is 12.8 Å². The van der Waals surface area contributed by atoms with Gasteiger partial charge in [-0.1, -0.05) is 12.1 Å². The maximum Gasteiger partial charge on any atom is 0.221 e. The van der Waals surface area contributed by atoms with E-state index in [0.717, 1.165) is 16.9 Å². The van der Waals surface area contributed by atoms with E-state index in [1.54, 1.807) is 0 Å². The summed E-state index contributed by atoms with van der Waals surface area (Å²) in [6, 6.07) is 11.4. The molecule has 4 nitrogen and oxygen atoms in total. The zero-order valence-electron chi connectivity index (χ0n) is 10.6. The summed E-state index contributed by atoms with van der Waals surface area (Å²) in [6.45, 7) is 1.49. The molecule has 1 aromatic carbocycles. The molecule has 0 saturated heterocycles. The van der Waals surface area contributed by atoms with Gasteiger partial charge in [0.1, 0.15) is 0 Å². The Morgan fingerprint density at radius 3 is 2.44 bits per heavy atom. The monoisotopic (exact) mass is 243 g/mol. The fourth-order valence-corrected chi connectivity index (χ4v) is 1.95. The molecule has 1 aromatic heterocycles. The minimum atomic E-state index is -0.156. The molecule has 18 heavy (non-hydrogen) atoms. The van der Waals surface area contributed by atoms with Crippen molar-refractivity contribution in [3.8, 4) is 0 Å². The summed E-state index contributed by atoms with van der Waals surface area (Å²) in [4.78, 5) is 10.9. The van der Waals surface area contributed by atoms with Crippen LogP contribution in [0.2, 0.25) is 0 Å². The van der Waals surface area contributed by atoms with Crippen LogP contribution in [0.5, 0.6) is 0 Å². The summed E-state index contributed by atoms with van der Waals surface area (Å²) in [5, 5.41) is 2.73. The second kappa shape index (κ2) is 5.06. The van der Waals surface area contributed by atoms with E-state index in [1.807, 2.05) is 54.2 Å². The van der Waals surface area contributed by atoms with Crippen molar-refractivity contribution in [3.63, 3.8) is 0 Å². The van der Waals surface area contributed by atoms with E-state index >= 15 is 0 Å². The standard InChI is InChI=1S/C14H17N3O/c1-10(18)16-12-7-5-11(6-8-12)14(15)13-4-3-9-17(13)2/h3-9,14H,15H2,1-2H3,(H,16,18). The first-order valence-electron chi connectivity index (χ1n) is 5.82. The Kier molecular flexibility index (Phi) is 3.48. The van der Waals surface area contributed by atoms with Crippen LogP contribution in [0.1, 0.15) is 24.2 Å². The molecule has 1 heterocycles. The molecular weight excluding hydrogens is 226 g/mol. The number of amides is 1. The Hall–Kier alpha value is -2.07.